The fourth-order valence-corrected chi connectivity index (χ4v) is 3.76. The molecule has 1 atom stereocenters. The van der Waals surface area contributed by atoms with Crippen molar-refractivity contribution in [3.63, 3.8) is 0 Å². The third kappa shape index (κ3) is 5.99. The van der Waals surface area contributed by atoms with Crippen LogP contribution in [0.25, 0.3) is 0 Å². The van der Waals surface area contributed by atoms with E-state index in [0.717, 1.165) is 4.90 Å². The molecule has 9 heteroatoms. The van der Waals surface area contributed by atoms with Gasteiger partial charge in [0.1, 0.15) is 5.60 Å². The molecule has 2 aliphatic heterocycles. The van der Waals surface area contributed by atoms with E-state index in [1.54, 1.807) is 25.7 Å². The fraction of sp³-hybridized carbons (Fsp3) is 0.889. The van der Waals surface area contributed by atoms with Gasteiger partial charge in [0, 0.05) is 26.2 Å². The molecule has 0 aromatic carbocycles. The summed E-state index contributed by atoms with van der Waals surface area (Å²) < 4.78 is 42.9. The van der Waals surface area contributed by atoms with Crippen LogP contribution in [0.15, 0.2) is 0 Å². The predicted octanol–water partition coefficient (Wildman–Crippen LogP) is 2.80. The molecule has 6 nitrogen and oxygen atoms in total. The molecule has 2 rings (SSSR count). The lowest BCUT2D eigenvalue weighted by Crippen LogP contribution is -2.49. The van der Waals surface area contributed by atoms with Crippen molar-refractivity contribution < 1.29 is 32.6 Å². The van der Waals surface area contributed by atoms with E-state index < -0.39 is 23.8 Å². The van der Waals surface area contributed by atoms with Crippen LogP contribution in [0.4, 0.5) is 18.0 Å². The predicted molar refractivity (Wildman–Crippen MR) is 91.9 cm³/mol. The number of rotatable bonds is 2. The lowest BCUT2D eigenvalue weighted by molar-refractivity contribution is -0.187. The van der Waals surface area contributed by atoms with E-state index in [9.17, 15) is 27.9 Å². The molecule has 27 heavy (non-hydrogen) atoms. The number of piperidine rings is 2. The molecule has 2 amide bonds. The van der Waals surface area contributed by atoms with Gasteiger partial charge >= 0.3 is 18.2 Å². The van der Waals surface area contributed by atoms with Crippen molar-refractivity contribution in [3.05, 3.63) is 0 Å². The first kappa shape index (κ1) is 21.8. The number of hydrogen-bond donors (Lipinski definition) is 1. The maximum absolute atomic E-state index is 12.5. The Hall–Kier alpha value is -1.51. The Labute approximate surface area is 157 Å². The van der Waals surface area contributed by atoms with Gasteiger partial charge in [-0.3, -0.25) is 4.79 Å². The van der Waals surface area contributed by atoms with Crippen molar-refractivity contribution in [1.29, 1.82) is 0 Å². The highest BCUT2D eigenvalue weighted by Crippen LogP contribution is 2.32. The molecule has 0 spiro atoms. The second-order valence-corrected chi connectivity index (χ2v) is 8.42. The second-order valence-electron chi connectivity index (χ2n) is 8.42. The summed E-state index contributed by atoms with van der Waals surface area (Å²) in [5, 5.41) is 10.6. The molecule has 0 aromatic heterocycles. The summed E-state index contributed by atoms with van der Waals surface area (Å²) in [5.74, 6) is -1.93. The van der Waals surface area contributed by atoms with E-state index in [2.05, 4.69) is 0 Å². The zero-order chi connectivity index (χ0) is 20.4. The molecule has 2 heterocycles. The minimum atomic E-state index is -4.85. The van der Waals surface area contributed by atoms with Gasteiger partial charge in [-0.15, -0.1) is 0 Å². The van der Waals surface area contributed by atoms with Crippen LogP contribution in [-0.2, 0) is 9.53 Å². The molecule has 156 valence electrons. The summed E-state index contributed by atoms with van der Waals surface area (Å²) in [6.07, 6.45) is -3.88. The standard InChI is InChI=1S/C18H29F3N2O4/c1-17(2,3)27-16(26)23-10-6-13(7-11-23)14(24)12-4-8-22(9-5-12)15(25)18(19,20)21/h12-14,24H,4-11H2,1-3H3. The Bertz CT molecular complexity index is 532. The van der Waals surface area contributed by atoms with E-state index in [4.69, 9.17) is 4.74 Å². The Morgan fingerprint density at radius 1 is 0.926 bits per heavy atom. The molecule has 2 aliphatic rings. The SMILES string of the molecule is CC(C)(C)OC(=O)N1CCC(C(O)C2CCN(C(=O)C(F)(F)F)CC2)CC1. The number of amides is 2. The van der Waals surface area contributed by atoms with Crippen LogP contribution in [0.5, 0.6) is 0 Å². The number of likely N-dealkylation sites (tertiary alicyclic amines) is 2. The van der Waals surface area contributed by atoms with Gasteiger partial charge < -0.3 is 19.6 Å². The van der Waals surface area contributed by atoms with Crippen molar-refractivity contribution in [1.82, 2.24) is 9.80 Å². The summed E-state index contributed by atoms with van der Waals surface area (Å²) in [4.78, 5) is 25.8. The maximum atomic E-state index is 12.5. The summed E-state index contributed by atoms with van der Waals surface area (Å²) in [6.45, 7) is 6.41. The number of aliphatic hydroxyl groups is 1. The number of carbonyl (C=O) groups excluding carboxylic acids is 2. The monoisotopic (exact) mass is 394 g/mol. The van der Waals surface area contributed by atoms with Gasteiger partial charge in [-0.05, 0) is 58.3 Å². The highest BCUT2D eigenvalue weighted by molar-refractivity contribution is 5.81. The van der Waals surface area contributed by atoms with E-state index >= 15 is 0 Å². The molecule has 1 N–H and O–H groups in total. The van der Waals surface area contributed by atoms with Crippen molar-refractivity contribution >= 4 is 12.0 Å². The summed E-state index contributed by atoms with van der Waals surface area (Å²) >= 11 is 0. The number of halogens is 3. The largest absolute Gasteiger partial charge is 0.471 e. The molecule has 2 saturated heterocycles. The smallest absolute Gasteiger partial charge is 0.444 e. The molecule has 0 bridgehead atoms. The Kier molecular flexibility index (Phi) is 6.65. The summed E-state index contributed by atoms with van der Waals surface area (Å²) in [5.41, 5.74) is -0.560. The van der Waals surface area contributed by atoms with Gasteiger partial charge in [-0.2, -0.15) is 13.2 Å². The zero-order valence-corrected chi connectivity index (χ0v) is 16.1. The molecule has 0 radical (unpaired) electrons. The van der Waals surface area contributed by atoms with Crippen molar-refractivity contribution in [3.8, 4) is 0 Å². The molecule has 2 fully saturated rings. The van der Waals surface area contributed by atoms with Crippen LogP contribution in [0.3, 0.4) is 0 Å². The molecule has 0 aliphatic carbocycles. The minimum Gasteiger partial charge on any atom is -0.444 e. The third-order valence-electron chi connectivity index (χ3n) is 5.23. The van der Waals surface area contributed by atoms with Crippen LogP contribution in [0.2, 0.25) is 0 Å². The van der Waals surface area contributed by atoms with Gasteiger partial charge in [-0.25, -0.2) is 4.79 Å². The lowest BCUT2D eigenvalue weighted by atomic mass is 9.80. The quantitative estimate of drug-likeness (QED) is 0.782. The van der Waals surface area contributed by atoms with Gasteiger partial charge in [0.15, 0.2) is 0 Å². The van der Waals surface area contributed by atoms with Crippen molar-refractivity contribution in [2.45, 2.75) is 64.3 Å². The van der Waals surface area contributed by atoms with E-state index in [-0.39, 0.29) is 31.0 Å². The van der Waals surface area contributed by atoms with E-state index in [1.807, 2.05) is 0 Å². The first-order valence-electron chi connectivity index (χ1n) is 9.40. The Morgan fingerprint density at radius 2 is 1.33 bits per heavy atom. The average Bonchev–Trinajstić information content (AvgIpc) is 2.58. The van der Waals surface area contributed by atoms with Crippen LogP contribution in [0.1, 0.15) is 46.5 Å². The molecule has 0 aromatic rings. The topological polar surface area (TPSA) is 70.1 Å². The van der Waals surface area contributed by atoms with Gasteiger partial charge in [0.05, 0.1) is 6.10 Å². The Morgan fingerprint density at radius 3 is 1.70 bits per heavy atom. The summed E-state index contributed by atoms with van der Waals surface area (Å²) in [6, 6.07) is 0. The van der Waals surface area contributed by atoms with Crippen LogP contribution in [0, 0.1) is 11.8 Å². The second kappa shape index (κ2) is 8.24. The number of hydrogen-bond acceptors (Lipinski definition) is 4. The average molecular weight is 394 g/mol. The zero-order valence-electron chi connectivity index (χ0n) is 16.1. The van der Waals surface area contributed by atoms with Crippen LogP contribution in [-0.4, -0.2) is 71.0 Å². The normalized spacial score (nSPS) is 21.9. The van der Waals surface area contributed by atoms with Crippen LogP contribution >= 0.6 is 0 Å². The third-order valence-corrected chi connectivity index (χ3v) is 5.23. The number of carbonyl (C=O) groups is 2. The number of aliphatic hydroxyl groups excluding tert-OH is 1. The highest BCUT2D eigenvalue weighted by Gasteiger charge is 2.44. The van der Waals surface area contributed by atoms with Crippen molar-refractivity contribution in [2.75, 3.05) is 26.2 Å². The maximum Gasteiger partial charge on any atom is 0.471 e. The number of ether oxygens (including phenoxy) is 1. The number of nitrogens with zero attached hydrogens (tertiary/aromatic N) is 2. The summed E-state index contributed by atoms with van der Waals surface area (Å²) in [7, 11) is 0. The van der Waals surface area contributed by atoms with E-state index in [1.165, 1.54) is 0 Å². The molecule has 0 saturated carbocycles. The Balaban J connectivity index is 1.79. The van der Waals surface area contributed by atoms with Gasteiger partial charge in [-0.1, -0.05) is 0 Å². The molecular formula is C18H29F3N2O4. The van der Waals surface area contributed by atoms with E-state index in [0.29, 0.717) is 38.8 Å². The first-order valence-corrected chi connectivity index (χ1v) is 9.40. The number of alkyl halides is 3. The van der Waals surface area contributed by atoms with Crippen molar-refractivity contribution in [2.24, 2.45) is 11.8 Å². The van der Waals surface area contributed by atoms with Gasteiger partial charge in [0.25, 0.3) is 0 Å². The fourth-order valence-electron chi connectivity index (χ4n) is 3.76. The highest BCUT2D eigenvalue weighted by atomic mass is 19.4. The van der Waals surface area contributed by atoms with Gasteiger partial charge in [0.2, 0.25) is 0 Å². The first-order chi connectivity index (χ1) is 12.4. The van der Waals surface area contributed by atoms with Crippen LogP contribution < -0.4 is 0 Å². The minimum absolute atomic E-state index is 0.00134. The molecule has 1 unspecified atom stereocenters. The lowest BCUT2D eigenvalue weighted by Gasteiger charge is -2.40. The molecular weight excluding hydrogens is 365 g/mol.